The second kappa shape index (κ2) is 17.9. The molecule has 9 nitrogen and oxygen atoms in total. The second-order valence-electron chi connectivity index (χ2n) is 12.3. The van der Waals surface area contributed by atoms with Gasteiger partial charge in [0, 0.05) is 45.6 Å². The number of nitrogens with one attached hydrogen (secondary N) is 2. The molecule has 0 radical (unpaired) electrons. The quantitative estimate of drug-likeness (QED) is 0.289. The van der Waals surface area contributed by atoms with E-state index in [0.717, 1.165) is 25.7 Å². The minimum atomic E-state index is -0.493. The normalized spacial score (nSPS) is 17.8. The Morgan fingerprint density at radius 3 is 2.36 bits per heavy atom. The minimum absolute atomic E-state index is 0.00228. The summed E-state index contributed by atoms with van der Waals surface area (Å²) in [6.07, 6.45) is 4.00. The number of methoxy groups -OCH3 is 1. The molecule has 1 heterocycles. The first-order chi connectivity index (χ1) is 20.0. The monoisotopic (exact) mass is 586 g/mol. The van der Waals surface area contributed by atoms with E-state index in [-0.39, 0.29) is 66.4 Å². The third kappa shape index (κ3) is 11.0. The van der Waals surface area contributed by atoms with Crippen molar-refractivity contribution < 1.29 is 23.9 Å². The fourth-order valence-corrected chi connectivity index (χ4v) is 5.85. The lowest BCUT2D eigenvalue weighted by Gasteiger charge is -2.38. The Bertz CT molecular complexity index is 1000. The van der Waals surface area contributed by atoms with Crippen LogP contribution in [0.5, 0.6) is 0 Å². The highest BCUT2D eigenvalue weighted by molar-refractivity contribution is 5.85. The molecule has 236 valence electrons. The maximum absolute atomic E-state index is 13.6. The van der Waals surface area contributed by atoms with Crippen molar-refractivity contribution in [1.29, 1.82) is 0 Å². The van der Waals surface area contributed by atoms with Crippen LogP contribution in [0.1, 0.15) is 78.7 Å². The van der Waals surface area contributed by atoms with Crippen LogP contribution in [-0.4, -0.2) is 85.4 Å². The molecule has 1 aliphatic rings. The third-order valence-corrected chi connectivity index (χ3v) is 8.48. The Morgan fingerprint density at radius 2 is 1.74 bits per heavy atom. The highest BCUT2D eigenvalue weighted by Gasteiger charge is 2.37. The summed E-state index contributed by atoms with van der Waals surface area (Å²) in [5, 5.41) is 5.77. The number of likely N-dealkylation sites (N-methyl/N-ethyl adjacent to an activating group) is 1. The lowest BCUT2D eigenvalue weighted by atomic mass is 9.90. The van der Waals surface area contributed by atoms with Crippen LogP contribution < -0.4 is 10.6 Å². The van der Waals surface area contributed by atoms with E-state index < -0.39 is 6.10 Å². The van der Waals surface area contributed by atoms with Gasteiger partial charge in [0.1, 0.15) is 0 Å². The minimum Gasteiger partial charge on any atom is -0.379 e. The molecule has 9 heteroatoms. The molecule has 0 aliphatic carbocycles. The molecule has 4 amide bonds. The molecule has 1 aliphatic heterocycles. The van der Waals surface area contributed by atoms with E-state index in [0.29, 0.717) is 25.9 Å². The van der Waals surface area contributed by atoms with Gasteiger partial charge in [0.15, 0.2) is 0 Å². The average Bonchev–Trinajstić information content (AvgIpc) is 3.43. The van der Waals surface area contributed by atoms with Gasteiger partial charge in [0.05, 0.1) is 25.1 Å². The highest BCUT2D eigenvalue weighted by Crippen LogP contribution is 2.27. The Labute approximate surface area is 253 Å². The van der Waals surface area contributed by atoms with Crippen LogP contribution in [0.15, 0.2) is 30.3 Å². The van der Waals surface area contributed by atoms with Crippen molar-refractivity contribution >= 4 is 23.6 Å². The van der Waals surface area contributed by atoms with Crippen molar-refractivity contribution in [2.75, 3.05) is 33.8 Å². The maximum Gasteiger partial charge on any atom is 0.242 e. The Morgan fingerprint density at radius 1 is 1.05 bits per heavy atom. The zero-order chi connectivity index (χ0) is 31.2. The largest absolute Gasteiger partial charge is 0.379 e. The number of rotatable bonds is 17. The summed E-state index contributed by atoms with van der Waals surface area (Å²) < 4.78 is 5.86. The van der Waals surface area contributed by atoms with Crippen LogP contribution in [0.3, 0.4) is 0 Å². The summed E-state index contributed by atoms with van der Waals surface area (Å²) in [6.45, 7) is 11.1. The third-order valence-electron chi connectivity index (χ3n) is 8.48. The summed E-state index contributed by atoms with van der Waals surface area (Å²) in [5.74, 6) is -0.279. The maximum atomic E-state index is 13.6. The molecule has 0 saturated carbocycles. The van der Waals surface area contributed by atoms with Crippen LogP contribution in [-0.2, 0) is 30.3 Å². The van der Waals surface area contributed by atoms with E-state index in [4.69, 9.17) is 4.74 Å². The molecule has 2 rings (SSSR count). The van der Waals surface area contributed by atoms with Crippen LogP contribution in [0, 0.1) is 17.8 Å². The summed E-state index contributed by atoms with van der Waals surface area (Å²) >= 11 is 0. The van der Waals surface area contributed by atoms with Gasteiger partial charge in [-0.2, -0.15) is 0 Å². The summed E-state index contributed by atoms with van der Waals surface area (Å²) in [4.78, 5) is 55.1. The van der Waals surface area contributed by atoms with Gasteiger partial charge < -0.3 is 25.2 Å². The standard InChI is InChI=1S/C33H54N4O5/c1-8-24(4)32(36(6)31(40)22-35-29(38)19-23(2)3)28(42-7)21-30(39)37-18-12-15-27(37)20-25(5)33(41)34-17-16-26-13-10-9-11-14-26/h9-11,13-14,23-25,27-28,32H,8,12,15-22H2,1-7H3,(H,34,41)(H,35,38)/t24?,25?,27-,28?,32?/m0/s1. The zero-order valence-corrected chi connectivity index (χ0v) is 26.9. The predicted octanol–water partition coefficient (Wildman–Crippen LogP) is 3.80. The summed E-state index contributed by atoms with van der Waals surface area (Å²) in [7, 11) is 3.31. The summed E-state index contributed by atoms with van der Waals surface area (Å²) in [5.41, 5.74) is 1.18. The van der Waals surface area contributed by atoms with Crippen molar-refractivity contribution in [3.63, 3.8) is 0 Å². The molecule has 4 unspecified atom stereocenters. The molecule has 1 aromatic carbocycles. The Kier molecular flexibility index (Phi) is 15.0. The molecule has 1 fully saturated rings. The van der Waals surface area contributed by atoms with E-state index in [2.05, 4.69) is 36.6 Å². The molecular formula is C33H54N4O5. The fraction of sp³-hybridized carbons (Fsp3) is 0.697. The van der Waals surface area contributed by atoms with Gasteiger partial charge in [-0.1, -0.05) is 71.4 Å². The average molecular weight is 587 g/mol. The van der Waals surface area contributed by atoms with E-state index in [1.165, 1.54) is 5.56 Å². The first kappa shape index (κ1) is 35.3. The number of carbonyl (C=O) groups excluding carboxylic acids is 4. The number of benzene rings is 1. The van der Waals surface area contributed by atoms with Crippen LogP contribution in [0.25, 0.3) is 0 Å². The molecule has 0 spiro atoms. The number of hydrogen-bond donors (Lipinski definition) is 2. The van der Waals surface area contributed by atoms with Crippen LogP contribution >= 0.6 is 0 Å². The van der Waals surface area contributed by atoms with Gasteiger partial charge in [-0.3, -0.25) is 19.2 Å². The first-order valence-electron chi connectivity index (χ1n) is 15.6. The van der Waals surface area contributed by atoms with E-state index >= 15 is 0 Å². The van der Waals surface area contributed by atoms with Gasteiger partial charge in [0.25, 0.3) is 0 Å². The van der Waals surface area contributed by atoms with Gasteiger partial charge in [-0.25, -0.2) is 0 Å². The van der Waals surface area contributed by atoms with Gasteiger partial charge in [-0.05, 0) is 43.1 Å². The lowest BCUT2D eigenvalue weighted by molar-refractivity contribution is -0.143. The molecule has 42 heavy (non-hydrogen) atoms. The van der Waals surface area contributed by atoms with Crippen LogP contribution in [0.2, 0.25) is 0 Å². The Balaban J connectivity index is 1.97. The molecule has 1 saturated heterocycles. The molecular weight excluding hydrogens is 532 g/mol. The van der Waals surface area contributed by atoms with Crippen molar-refractivity contribution in [2.45, 2.75) is 97.8 Å². The van der Waals surface area contributed by atoms with E-state index in [1.807, 2.05) is 43.9 Å². The first-order valence-corrected chi connectivity index (χ1v) is 15.6. The number of likely N-dealkylation sites (tertiary alicyclic amines) is 1. The molecule has 0 aromatic heterocycles. The SMILES string of the molecule is CCC(C)C(C(CC(=O)N1CCC[C@H]1CC(C)C(=O)NCCc1ccccc1)OC)N(C)C(=O)CNC(=O)CC(C)C. The van der Waals surface area contributed by atoms with Gasteiger partial charge in [-0.15, -0.1) is 0 Å². The van der Waals surface area contributed by atoms with Crippen molar-refractivity contribution in [3.05, 3.63) is 35.9 Å². The van der Waals surface area contributed by atoms with E-state index in [9.17, 15) is 19.2 Å². The molecule has 5 atom stereocenters. The van der Waals surface area contributed by atoms with Gasteiger partial charge in [0.2, 0.25) is 23.6 Å². The van der Waals surface area contributed by atoms with E-state index in [1.54, 1.807) is 19.1 Å². The van der Waals surface area contributed by atoms with Gasteiger partial charge >= 0.3 is 0 Å². The number of nitrogens with zero attached hydrogens (tertiary/aromatic N) is 2. The predicted molar refractivity (Wildman–Crippen MR) is 166 cm³/mol. The van der Waals surface area contributed by atoms with Crippen molar-refractivity contribution in [2.24, 2.45) is 17.8 Å². The molecule has 2 N–H and O–H groups in total. The van der Waals surface area contributed by atoms with Crippen LogP contribution in [0.4, 0.5) is 0 Å². The molecule has 1 aromatic rings. The highest BCUT2D eigenvalue weighted by atomic mass is 16.5. The summed E-state index contributed by atoms with van der Waals surface area (Å²) in [6, 6.07) is 9.75. The zero-order valence-electron chi connectivity index (χ0n) is 26.9. The smallest absolute Gasteiger partial charge is 0.242 e. The topological polar surface area (TPSA) is 108 Å². The van der Waals surface area contributed by atoms with Crippen molar-refractivity contribution in [1.82, 2.24) is 20.4 Å². The fourth-order valence-electron chi connectivity index (χ4n) is 5.85. The number of ether oxygens (including phenoxy) is 1. The lowest BCUT2D eigenvalue weighted by Crippen LogP contribution is -2.53. The van der Waals surface area contributed by atoms with Crippen molar-refractivity contribution in [3.8, 4) is 0 Å². The number of hydrogen-bond acceptors (Lipinski definition) is 5. The second-order valence-corrected chi connectivity index (χ2v) is 12.3. The number of amides is 4. The Hall–Kier alpha value is -2.94. The molecule has 0 bridgehead atoms. The number of carbonyl (C=O) groups is 4.